The molecular formula is C21H32O8. The Morgan fingerprint density at radius 3 is 2.41 bits per heavy atom. The van der Waals surface area contributed by atoms with E-state index in [0.29, 0.717) is 18.6 Å². The van der Waals surface area contributed by atoms with Gasteiger partial charge in [0.15, 0.2) is 6.29 Å². The summed E-state index contributed by atoms with van der Waals surface area (Å²) in [6.45, 7) is 1.82. The van der Waals surface area contributed by atoms with Crippen molar-refractivity contribution in [2.24, 2.45) is 0 Å². The summed E-state index contributed by atoms with van der Waals surface area (Å²) in [5.41, 5.74) is 0.928. The minimum Gasteiger partial charge on any atom is -0.427 e. The maximum Gasteiger partial charge on any atom is 0.311 e. The van der Waals surface area contributed by atoms with Gasteiger partial charge in [0, 0.05) is 6.42 Å². The van der Waals surface area contributed by atoms with Crippen molar-refractivity contribution in [3.63, 3.8) is 0 Å². The lowest BCUT2D eigenvalue weighted by Gasteiger charge is -2.39. The van der Waals surface area contributed by atoms with Gasteiger partial charge < -0.3 is 34.6 Å². The van der Waals surface area contributed by atoms with Gasteiger partial charge in [0.2, 0.25) is 0 Å². The quantitative estimate of drug-likeness (QED) is 0.240. The molecule has 0 amide bonds. The number of hydrogen-bond acceptors (Lipinski definition) is 8. The van der Waals surface area contributed by atoms with Crippen LogP contribution in [0.4, 0.5) is 0 Å². The number of hydrogen-bond donors (Lipinski definition) is 4. The number of carbonyl (C=O) groups excluding carboxylic acids is 1. The molecule has 1 aromatic carbocycles. The first-order valence-corrected chi connectivity index (χ1v) is 10.2. The second-order valence-electron chi connectivity index (χ2n) is 7.25. The monoisotopic (exact) mass is 412 g/mol. The van der Waals surface area contributed by atoms with Crippen molar-refractivity contribution in [1.82, 2.24) is 0 Å². The maximum absolute atomic E-state index is 11.8. The fraction of sp³-hybridized carbons (Fsp3) is 0.667. The minimum absolute atomic E-state index is 0.194. The highest BCUT2D eigenvalue weighted by Crippen LogP contribution is 2.22. The molecule has 0 bridgehead atoms. The molecular weight excluding hydrogens is 380 g/mol. The second kappa shape index (κ2) is 12.2. The highest BCUT2D eigenvalue weighted by atomic mass is 16.7. The molecule has 1 fully saturated rings. The average molecular weight is 412 g/mol. The number of ether oxygens (including phenoxy) is 3. The van der Waals surface area contributed by atoms with Crippen molar-refractivity contribution in [2.75, 3.05) is 13.2 Å². The van der Waals surface area contributed by atoms with Crippen LogP contribution >= 0.6 is 0 Å². The van der Waals surface area contributed by atoms with Crippen molar-refractivity contribution in [2.45, 2.75) is 76.2 Å². The van der Waals surface area contributed by atoms with Gasteiger partial charge in [-0.15, -0.1) is 0 Å². The van der Waals surface area contributed by atoms with Gasteiger partial charge in [-0.05, 0) is 30.5 Å². The molecule has 1 aliphatic rings. The molecule has 0 aliphatic carbocycles. The van der Waals surface area contributed by atoms with Crippen molar-refractivity contribution in [3.8, 4) is 5.75 Å². The van der Waals surface area contributed by atoms with Crippen LogP contribution in [0.25, 0.3) is 0 Å². The van der Waals surface area contributed by atoms with E-state index < -0.39 is 37.3 Å². The molecule has 5 atom stereocenters. The van der Waals surface area contributed by atoms with E-state index in [4.69, 9.17) is 14.2 Å². The zero-order valence-corrected chi connectivity index (χ0v) is 16.8. The summed E-state index contributed by atoms with van der Waals surface area (Å²) in [5, 5.41) is 38.6. The number of benzene rings is 1. The highest BCUT2D eigenvalue weighted by molar-refractivity contribution is 5.72. The summed E-state index contributed by atoms with van der Waals surface area (Å²) in [6, 6.07) is 7.06. The van der Waals surface area contributed by atoms with Crippen molar-refractivity contribution in [3.05, 3.63) is 29.8 Å². The fourth-order valence-electron chi connectivity index (χ4n) is 3.10. The number of unbranched alkanes of at least 4 members (excludes halogenated alkanes) is 3. The Kier molecular flexibility index (Phi) is 9.99. The Morgan fingerprint density at radius 2 is 1.76 bits per heavy atom. The molecule has 4 N–H and O–H groups in total. The molecule has 1 heterocycles. The van der Waals surface area contributed by atoms with Crippen molar-refractivity contribution < 1.29 is 39.4 Å². The van der Waals surface area contributed by atoms with Gasteiger partial charge in [0.1, 0.15) is 30.2 Å². The lowest BCUT2D eigenvalue weighted by molar-refractivity contribution is -0.300. The number of esters is 1. The van der Waals surface area contributed by atoms with Crippen LogP contribution in [-0.4, -0.2) is 70.3 Å². The Hall–Kier alpha value is -1.55. The molecule has 0 aromatic heterocycles. The van der Waals surface area contributed by atoms with E-state index in [2.05, 4.69) is 6.92 Å². The summed E-state index contributed by atoms with van der Waals surface area (Å²) >= 11 is 0. The molecule has 29 heavy (non-hydrogen) atoms. The van der Waals surface area contributed by atoms with E-state index in [1.54, 1.807) is 12.1 Å². The number of rotatable bonds is 11. The predicted octanol–water partition coefficient (Wildman–Crippen LogP) is 0.921. The maximum atomic E-state index is 11.8. The third-order valence-corrected chi connectivity index (χ3v) is 4.91. The molecule has 0 saturated carbocycles. The predicted molar refractivity (Wildman–Crippen MR) is 104 cm³/mol. The van der Waals surface area contributed by atoms with E-state index >= 15 is 0 Å². The molecule has 1 aromatic rings. The molecule has 1 aliphatic heterocycles. The highest BCUT2D eigenvalue weighted by Gasteiger charge is 2.43. The zero-order chi connectivity index (χ0) is 21.2. The molecule has 8 heteroatoms. The number of carbonyl (C=O) groups is 1. The molecule has 1 saturated heterocycles. The second-order valence-corrected chi connectivity index (χ2v) is 7.25. The lowest BCUT2D eigenvalue weighted by atomic mass is 9.99. The molecule has 2 rings (SSSR count). The third-order valence-electron chi connectivity index (χ3n) is 4.91. The van der Waals surface area contributed by atoms with Crippen LogP contribution in [0.3, 0.4) is 0 Å². The van der Waals surface area contributed by atoms with E-state index in [0.717, 1.165) is 31.2 Å². The van der Waals surface area contributed by atoms with Crippen molar-refractivity contribution in [1.29, 1.82) is 0 Å². The first-order chi connectivity index (χ1) is 14.0. The average Bonchev–Trinajstić information content (AvgIpc) is 2.72. The van der Waals surface area contributed by atoms with Crippen LogP contribution in [0.5, 0.6) is 5.75 Å². The zero-order valence-electron chi connectivity index (χ0n) is 16.8. The van der Waals surface area contributed by atoms with Gasteiger partial charge in [-0.25, -0.2) is 0 Å². The van der Waals surface area contributed by atoms with Gasteiger partial charge in [-0.2, -0.15) is 0 Å². The summed E-state index contributed by atoms with van der Waals surface area (Å²) in [7, 11) is 0. The fourth-order valence-corrected chi connectivity index (χ4v) is 3.10. The van der Waals surface area contributed by atoms with Crippen LogP contribution in [0, 0.1) is 0 Å². The topological polar surface area (TPSA) is 126 Å². The Bertz CT molecular complexity index is 603. The Labute approximate surface area is 171 Å². The van der Waals surface area contributed by atoms with Gasteiger partial charge in [-0.3, -0.25) is 4.79 Å². The summed E-state index contributed by atoms with van der Waals surface area (Å²) in [4.78, 5) is 11.8. The van der Waals surface area contributed by atoms with Crippen LogP contribution in [-0.2, 0) is 20.7 Å². The van der Waals surface area contributed by atoms with Crippen LogP contribution in [0.15, 0.2) is 24.3 Å². The van der Waals surface area contributed by atoms with E-state index in [1.807, 2.05) is 12.1 Å². The Balaban J connectivity index is 1.74. The smallest absolute Gasteiger partial charge is 0.311 e. The SMILES string of the molecule is CCCCCCC(=O)Oc1ccc(CCO[C@@H]2O[C@H](CO)[C@@H](O)[C@H](O)[C@H]2O)cc1. The number of aliphatic hydroxyl groups excluding tert-OH is 4. The molecule has 8 nitrogen and oxygen atoms in total. The molecule has 0 radical (unpaired) electrons. The minimum atomic E-state index is -1.46. The number of aliphatic hydroxyl groups is 4. The first-order valence-electron chi connectivity index (χ1n) is 10.2. The Morgan fingerprint density at radius 1 is 1.03 bits per heavy atom. The van der Waals surface area contributed by atoms with E-state index in [1.165, 1.54) is 0 Å². The van der Waals surface area contributed by atoms with Gasteiger partial charge in [0.05, 0.1) is 13.2 Å². The lowest BCUT2D eigenvalue weighted by Crippen LogP contribution is -2.59. The van der Waals surface area contributed by atoms with Gasteiger partial charge in [-0.1, -0.05) is 38.3 Å². The summed E-state index contributed by atoms with van der Waals surface area (Å²) in [5.74, 6) is 0.254. The molecule has 0 unspecified atom stereocenters. The largest absolute Gasteiger partial charge is 0.427 e. The summed E-state index contributed by atoms with van der Waals surface area (Å²) < 4.78 is 16.1. The third kappa shape index (κ3) is 7.33. The first kappa shape index (κ1) is 23.7. The summed E-state index contributed by atoms with van der Waals surface area (Å²) in [6.07, 6.45) is -1.39. The van der Waals surface area contributed by atoms with Crippen LogP contribution < -0.4 is 4.74 Å². The molecule has 164 valence electrons. The molecule has 0 spiro atoms. The van der Waals surface area contributed by atoms with Crippen molar-refractivity contribution >= 4 is 5.97 Å². The van der Waals surface area contributed by atoms with E-state index in [-0.39, 0.29) is 12.6 Å². The van der Waals surface area contributed by atoms with Crippen LogP contribution in [0.2, 0.25) is 0 Å². The standard InChI is InChI=1S/C21H32O8/c1-2-3-4-5-6-17(23)28-15-9-7-14(8-10-15)11-12-27-21-20(26)19(25)18(24)16(13-22)29-21/h7-10,16,18-22,24-26H,2-6,11-13H2,1H3/t16-,18-,19+,20-,21-/m1/s1. The van der Waals surface area contributed by atoms with Gasteiger partial charge >= 0.3 is 5.97 Å². The van der Waals surface area contributed by atoms with E-state index in [9.17, 15) is 25.2 Å². The normalized spacial score (nSPS) is 27.0. The van der Waals surface area contributed by atoms with Gasteiger partial charge in [0.25, 0.3) is 0 Å². The van der Waals surface area contributed by atoms with Crippen LogP contribution in [0.1, 0.15) is 44.6 Å².